The van der Waals surface area contributed by atoms with Crippen LogP contribution >= 0.6 is 0 Å². The van der Waals surface area contributed by atoms with E-state index in [-0.39, 0.29) is 11.3 Å². The first-order valence-electron chi connectivity index (χ1n) is 7.80. The first-order valence-corrected chi connectivity index (χ1v) is 7.80. The number of aryl methyl sites for hydroxylation is 1. The lowest BCUT2D eigenvalue weighted by Crippen LogP contribution is -2.49. The summed E-state index contributed by atoms with van der Waals surface area (Å²) in [5.41, 5.74) is 0.432. The van der Waals surface area contributed by atoms with E-state index < -0.39 is 0 Å². The molecule has 0 aliphatic carbocycles. The molecule has 0 aliphatic heterocycles. The van der Waals surface area contributed by atoms with Crippen LogP contribution in [0.3, 0.4) is 0 Å². The monoisotopic (exact) mass is 295 g/mol. The fourth-order valence-corrected chi connectivity index (χ4v) is 2.72. The summed E-state index contributed by atoms with van der Waals surface area (Å²) in [6, 6.07) is 2.10. The molecular weight excluding hydrogens is 266 g/mol. The van der Waals surface area contributed by atoms with Crippen molar-refractivity contribution in [2.45, 2.75) is 53.0 Å². The lowest BCUT2D eigenvalue weighted by atomic mass is 9.75. The zero-order valence-corrected chi connectivity index (χ0v) is 14.2. The second-order valence-electron chi connectivity index (χ2n) is 5.92. The van der Waals surface area contributed by atoms with Crippen molar-refractivity contribution >= 4 is 5.91 Å². The van der Waals surface area contributed by atoms with Gasteiger partial charge in [0.2, 0.25) is 0 Å². The molecule has 0 aliphatic rings. The van der Waals surface area contributed by atoms with Gasteiger partial charge in [-0.2, -0.15) is 0 Å². The highest BCUT2D eigenvalue weighted by molar-refractivity contribution is 5.92. The second-order valence-corrected chi connectivity index (χ2v) is 5.92. The summed E-state index contributed by atoms with van der Waals surface area (Å²) >= 11 is 0. The summed E-state index contributed by atoms with van der Waals surface area (Å²) in [6.45, 7) is 9.19. The van der Waals surface area contributed by atoms with E-state index in [1.165, 1.54) is 0 Å². The zero-order chi connectivity index (χ0) is 16.0. The van der Waals surface area contributed by atoms with Crippen molar-refractivity contribution in [2.75, 3.05) is 20.6 Å². The van der Waals surface area contributed by atoms with Crippen molar-refractivity contribution in [3.05, 3.63) is 17.5 Å². The number of carbonyl (C=O) groups excluding carboxylic acids is 1. The highest BCUT2D eigenvalue weighted by atomic mass is 16.5. The second kappa shape index (κ2) is 7.59. The summed E-state index contributed by atoms with van der Waals surface area (Å²) in [5.74, 6) is 0.578. The van der Waals surface area contributed by atoms with Gasteiger partial charge in [0.15, 0.2) is 5.69 Å². The van der Waals surface area contributed by atoms with Crippen molar-refractivity contribution in [3.63, 3.8) is 0 Å². The number of hydrogen-bond donors (Lipinski definition) is 1. The topological polar surface area (TPSA) is 58.4 Å². The van der Waals surface area contributed by atoms with Crippen LogP contribution in [-0.4, -0.2) is 42.6 Å². The van der Waals surface area contributed by atoms with Crippen LogP contribution < -0.4 is 5.32 Å². The van der Waals surface area contributed by atoms with Gasteiger partial charge in [-0.15, -0.1) is 0 Å². The van der Waals surface area contributed by atoms with Crippen LogP contribution in [0.25, 0.3) is 0 Å². The van der Waals surface area contributed by atoms with E-state index >= 15 is 0 Å². The molecule has 0 fully saturated rings. The highest BCUT2D eigenvalue weighted by Crippen LogP contribution is 2.32. The van der Waals surface area contributed by atoms with Crippen LogP contribution in [0.15, 0.2) is 10.6 Å². The van der Waals surface area contributed by atoms with Gasteiger partial charge in [-0.1, -0.05) is 25.9 Å². The average molecular weight is 295 g/mol. The van der Waals surface area contributed by atoms with Crippen molar-refractivity contribution in [3.8, 4) is 0 Å². The molecule has 5 heteroatoms. The molecule has 1 unspecified atom stereocenters. The van der Waals surface area contributed by atoms with E-state index in [0.717, 1.165) is 25.0 Å². The lowest BCUT2D eigenvalue weighted by Gasteiger charge is -2.41. The van der Waals surface area contributed by atoms with E-state index in [2.05, 4.69) is 50.2 Å². The van der Waals surface area contributed by atoms with Gasteiger partial charge in [-0.05, 0) is 33.9 Å². The van der Waals surface area contributed by atoms with Crippen molar-refractivity contribution in [1.29, 1.82) is 0 Å². The van der Waals surface area contributed by atoms with Crippen molar-refractivity contribution < 1.29 is 9.32 Å². The summed E-state index contributed by atoms with van der Waals surface area (Å²) < 4.78 is 5.09. The normalized spacial score (nSPS) is 13.5. The van der Waals surface area contributed by atoms with Crippen LogP contribution in [-0.2, 0) is 6.42 Å². The van der Waals surface area contributed by atoms with Crippen LogP contribution in [0.5, 0.6) is 0 Å². The standard InChI is InChI=1S/C16H29N3O2/c1-7-13-10-14(18-21-13)15(20)17-11-16(8-2,9-3)12(4)19(5)6/h10,12H,7-9,11H2,1-6H3,(H,17,20). The summed E-state index contributed by atoms with van der Waals surface area (Å²) in [6.07, 6.45) is 2.77. The Balaban J connectivity index is 2.75. The Hall–Kier alpha value is -1.36. The Morgan fingerprint density at radius 2 is 2.00 bits per heavy atom. The maximum Gasteiger partial charge on any atom is 0.273 e. The molecule has 1 heterocycles. The number of rotatable bonds is 8. The van der Waals surface area contributed by atoms with Crippen LogP contribution in [0, 0.1) is 5.41 Å². The SMILES string of the molecule is CCc1cc(C(=O)NCC(CC)(CC)C(C)N(C)C)no1. The number of nitrogens with one attached hydrogen (secondary N) is 1. The minimum atomic E-state index is -0.157. The van der Waals surface area contributed by atoms with Gasteiger partial charge in [0.1, 0.15) is 5.76 Å². The molecule has 0 bridgehead atoms. The predicted molar refractivity (Wildman–Crippen MR) is 84.4 cm³/mol. The highest BCUT2D eigenvalue weighted by Gasteiger charge is 2.34. The summed E-state index contributed by atoms with van der Waals surface area (Å²) in [4.78, 5) is 14.4. The van der Waals surface area contributed by atoms with Crippen LogP contribution in [0.4, 0.5) is 0 Å². The molecule has 0 aromatic carbocycles. The molecule has 1 atom stereocenters. The first-order chi connectivity index (χ1) is 9.90. The van der Waals surface area contributed by atoms with Gasteiger partial charge in [0, 0.05) is 30.5 Å². The van der Waals surface area contributed by atoms with E-state index in [9.17, 15) is 4.79 Å². The third-order valence-corrected chi connectivity index (χ3v) is 4.81. The Morgan fingerprint density at radius 1 is 1.38 bits per heavy atom. The van der Waals surface area contributed by atoms with E-state index in [0.29, 0.717) is 18.3 Å². The fourth-order valence-electron chi connectivity index (χ4n) is 2.72. The number of amides is 1. The van der Waals surface area contributed by atoms with Crippen LogP contribution in [0.1, 0.15) is 56.8 Å². The van der Waals surface area contributed by atoms with Gasteiger partial charge >= 0.3 is 0 Å². The fraction of sp³-hybridized carbons (Fsp3) is 0.750. The zero-order valence-electron chi connectivity index (χ0n) is 14.2. The average Bonchev–Trinajstić information content (AvgIpc) is 2.97. The molecule has 0 radical (unpaired) electrons. The van der Waals surface area contributed by atoms with Crippen LogP contribution in [0.2, 0.25) is 0 Å². The van der Waals surface area contributed by atoms with E-state index in [4.69, 9.17) is 4.52 Å². The summed E-state index contributed by atoms with van der Waals surface area (Å²) in [5, 5.41) is 6.85. The predicted octanol–water partition coefficient (Wildman–Crippen LogP) is 2.72. The third-order valence-electron chi connectivity index (χ3n) is 4.81. The number of nitrogens with zero attached hydrogens (tertiary/aromatic N) is 2. The summed E-state index contributed by atoms with van der Waals surface area (Å²) in [7, 11) is 4.16. The third kappa shape index (κ3) is 4.06. The molecular formula is C16H29N3O2. The maximum atomic E-state index is 12.2. The quantitative estimate of drug-likeness (QED) is 0.801. The molecule has 0 saturated heterocycles. The van der Waals surface area contributed by atoms with Gasteiger partial charge in [0.25, 0.3) is 5.91 Å². The van der Waals surface area contributed by atoms with E-state index in [1.807, 2.05) is 6.92 Å². The molecule has 120 valence electrons. The molecule has 1 rings (SSSR count). The Kier molecular flexibility index (Phi) is 6.40. The molecule has 1 amide bonds. The first kappa shape index (κ1) is 17.7. The van der Waals surface area contributed by atoms with Gasteiger partial charge in [-0.3, -0.25) is 4.79 Å². The molecule has 0 spiro atoms. The van der Waals surface area contributed by atoms with Gasteiger partial charge in [0.05, 0.1) is 0 Å². The van der Waals surface area contributed by atoms with Gasteiger partial charge in [-0.25, -0.2) is 0 Å². The number of aromatic nitrogens is 1. The molecule has 1 aromatic heterocycles. The van der Waals surface area contributed by atoms with Crippen molar-refractivity contribution in [2.24, 2.45) is 5.41 Å². The molecule has 0 saturated carbocycles. The smallest absolute Gasteiger partial charge is 0.273 e. The molecule has 1 aromatic rings. The minimum absolute atomic E-state index is 0.0660. The Labute approximate surface area is 128 Å². The lowest BCUT2D eigenvalue weighted by molar-refractivity contribution is 0.0802. The molecule has 5 nitrogen and oxygen atoms in total. The largest absolute Gasteiger partial charge is 0.361 e. The maximum absolute atomic E-state index is 12.2. The number of carbonyl (C=O) groups is 1. The Bertz CT molecular complexity index is 450. The minimum Gasteiger partial charge on any atom is -0.361 e. The van der Waals surface area contributed by atoms with E-state index in [1.54, 1.807) is 6.07 Å². The molecule has 1 N–H and O–H groups in total. The Morgan fingerprint density at radius 3 is 2.43 bits per heavy atom. The van der Waals surface area contributed by atoms with Gasteiger partial charge < -0.3 is 14.7 Å². The molecule has 21 heavy (non-hydrogen) atoms. The van der Waals surface area contributed by atoms with Crippen molar-refractivity contribution in [1.82, 2.24) is 15.4 Å². The number of hydrogen-bond acceptors (Lipinski definition) is 4.